The minimum absolute atomic E-state index is 0.0182. The van der Waals surface area contributed by atoms with Crippen LogP contribution in [-0.2, 0) is 26.5 Å². The highest BCUT2D eigenvalue weighted by atomic mass is 32.2. The van der Waals surface area contributed by atoms with E-state index in [2.05, 4.69) is 9.44 Å². The Morgan fingerprint density at radius 3 is 1.97 bits per heavy atom. The smallest absolute Gasteiger partial charge is 0.211 e. The fourth-order valence-corrected chi connectivity index (χ4v) is 5.81. The Morgan fingerprint density at radius 2 is 1.34 bits per heavy atom. The Kier molecular flexibility index (Phi) is 7.10. The molecular formula is C21H28N2O4S2. The quantitative estimate of drug-likeness (QED) is 0.665. The summed E-state index contributed by atoms with van der Waals surface area (Å²) in [6.07, 6.45) is 5.54. The van der Waals surface area contributed by atoms with Gasteiger partial charge in [-0.15, -0.1) is 0 Å². The van der Waals surface area contributed by atoms with Crippen LogP contribution in [0.3, 0.4) is 0 Å². The molecule has 0 radical (unpaired) electrons. The molecule has 1 aliphatic carbocycles. The molecule has 3 rings (SSSR count). The van der Waals surface area contributed by atoms with Crippen LogP contribution in [0.25, 0.3) is 0 Å². The van der Waals surface area contributed by atoms with E-state index >= 15 is 0 Å². The van der Waals surface area contributed by atoms with Gasteiger partial charge in [0.2, 0.25) is 20.0 Å². The lowest BCUT2D eigenvalue weighted by molar-refractivity contribution is 0.412. The van der Waals surface area contributed by atoms with Crippen molar-refractivity contribution in [2.75, 3.05) is 6.54 Å². The number of hydrogen-bond donors (Lipinski definition) is 2. The van der Waals surface area contributed by atoms with E-state index in [-0.39, 0.29) is 22.4 Å². The number of benzene rings is 2. The van der Waals surface area contributed by atoms with Crippen molar-refractivity contribution in [3.63, 3.8) is 0 Å². The Labute approximate surface area is 173 Å². The molecule has 6 nitrogen and oxygen atoms in total. The molecule has 2 aromatic carbocycles. The third-order valence-electron chi connectivity index (χ3n) is 5.20. The highest BCUT2D eigenvalue weighted by Gasteiger charge is 2.21. The summed E-state index contributed by atoms with van der Waals surface area (Å²) in [4.78, 5) is 0.477. The maximum atomic E-state index is 12.5. The van der Waals surface area contributed by atoms with E-state index in [9.17, 15) is 16.8 Å². The number of rotatable bonds is 8. The van der Waals surface area contributed by atoms with Gasteiger partial charge in [-0.2, -0.15) is 0 Å². The molecular weight excluding hydrogens is 408 g/mol. The molecule has 0 aromatic heterocycles. The average molecular weight is 437 g/mol. The van der Waals surface area contributed by atoms with E-state index in [1.54, 1.807) is 48.5 Å². The maximum Gasteiger partial charge on any atom is 0.240 e. The van der Waals surface area contributed by atoms with Crippen LogP contribution in [0.4, 0.5) is 0 Å². The zero-order chi connectivity index (χ0) is 20.9. The fourth-order valence-electron chi connectivity index (χ4n) is 3.47. The normalized spacial score (nSPS) is 16.0. The molecule has 0 bridgehead atoms. The molecule has 0 spiro atoms. The number of nitrogens with one attached hydrogen (secondary N) is 2. The van der Waals surface area contributed by atoms with Gasteiger partial charge in [-0.3, -0.25) is 0 Å². The minimum atomic E-state index is -3.55. The molecule has 29 heavy (non-hydrogen) atoms. The van der Waals surface area contributed by atoms with E-state index in [4.69, 9.17) is 0 Å². The van der Waals surface area contributed by atoms with Crippen molar-refractivity contribution in [1.82, 2.24) is 9.44 Å². The third kappa shape index (κ3) is 6.12. The second-order valence-corrected chi connectivity index (χ2v) is 11.0. The van der Waals surface area contributed by atoms with E-state index in [0.29, 0.717) is 6.42 Å². The third-order valence-corrected chi connectivity index (χ3v) is 8.21. The van der Waals surface area contributed by atoms with Crippen molar-refractivity contribution in [2.45, 2.75) is 61.3 Å². The lowest BCUT2D eigenvalue weighted by Gasteiger charge is -2.22. The zero-order valence-corrected chi connectivity index (χ0v) is 18.2. The first-order valence-corrected chi connectivity index (χ1v) is 12.9. The predicted molar refractivity (Wildman–Crippen MR) is 114 cm³/mol. The van der Waals surface area contributed by atoms with Crippen LogP contribution in [0.2, 0.25) is 0 Å². The van der Waals surface area contributed by atoms with Crippen LogP contribution in [0.5, 0.6) is 0 Å². The second kappa shape index (κ2) is 9.38. The topological polar surface area (TPSA) is 92.3 Å². The van der Waals surface area contributed by atoms with E-state index < -0.39 is 20.0 Å². The number of sulfonamides is 2. The summed E-state index contributed by atoms with van der Waals surface area (Å²) in [6.45, 7) is 2.14. The maximum absolute atomic E-state index is 12.5. The monoisotopic (exact) mass is 436 g/mol. The van der Waals surface area contributed by atoms with Gasteiger partial charge in [-0.1, -0.05) is 49.1 Å². The van der Waals surface area contributed by atoms with Gasteiger partial charge in [0.05, 0.1) is 9.79 Å². The van der Waals surface area contributed by atoms with Gasteiger partial charge in [0.1, 0.15) is 0 Å². The van der Waals surface area contributed by atoms with Crippen molar-refractivity contribution in [3.05, 3.63) is 59.7 Å². The molecule has 0 atom stereocenters. The molecule has 0 aliphatic heterocycles. The molecule has 8 heteroatoms. The van der Waals surface area contributed by atoms with Crippen LogP contribution >= 0.6 is 0 Å². The second-order valence-electron chi connectivity index (χ2n) is 7.56. The molecule has 0 saturated heterocycles. The molecule has 1 saturated carbocycles. The van der Waals surface area contributed by atoms with E-state index in [1.807, 2.05) is 6.92 Å². The van der Waals surface area contributed by atoms with Gasteiger partial charge >= 0.3 is 0 Å². The van der Waals surface area contributed by atoms with Gasteiger partial charge in [0.15, 0.2) is 0 Å². The average Bonchev–Trinajstić information content (AvgIpc) is 2.69. The molecule has 0 unspecified atom stereocenters. The van der Waals surface area contributed by atoms with Gasteiger partial charge in [0.25, 0.3) is 0 Å². The fraction of sp³-hybridized carbons (Fsp3) is 0.429. The van der Waals surface area contributed by atoms with Crippen molar-refractivity contribution >= 4 is 20.0 Å². The lowest BCUT2D eigenvalue weighted by Crippen LogP contribution is -2.36. The van der Waals surface area contributed by atoms with Crippen LogP contribution in [0.1, 0.15) is 43.2 Å². The Hall–Kier alpha value is -1.74. The van der Waals surface area contributed by atoms with Crippen LogP contribution in [0, 0.1) is 6.92 Å². The number of aryl methyl sites for hydroxylation is 1. The van der Waals surface area contributed by atoms with Crippen molar-refractivity contribution < 1.29 is 16.8 Å². The number of hydrogen-bond acceptors (Lipinski definition) is 4. The summed E-state index contributed by atoms with van der Waals surface area (Å²) in [5.74, 6) is 0. The molecule has 0 amide bonds. The van der Waals surface area contributed by atoms with E-state index in [0.717, 1.165) is 36.8 Å². The van der Waals surface area contributed by atoms with Crippen LogP contribution in [-0.4, -0.2) is 29.4 Å². The summed E-state index contributed by atoms with van der Waals surface area (Å²) in [6, 6.07) is 13.3. The molecule has 158 valence electrons. The minimum Gasteiger partial charge on any atom is -0.211 e. The Balaban J connectivity index is 1.55. The van der Waals surface area contributed by atoms with Crippen molar-refractivity contribution in [1.29, 1.82) is 0 Å². The van der Waals surface area contributed by atoms with Gasteiger partial charge in [0, 0.05) is 12.6 Å². The summed E-state index contributed by atoms with van der Waals surface area (Å²) in [5, 5.41) is 0. The van der Waals surface area contributed by atoms with E-state index in [1.165, 1.54) is 6.42 Å². The Bertz CT molecular complexity index is 1010. The first-order chi connectivity index (χ1) is 13.8. The van der Waals surface area contributed by atoms with Crippen LogP contribution in [0.15, 0.2) is 58.3 Å². The predicted octanol–water partition coefficient (Wildman–Crippen LogP) is 3.13. The van der Waals surface area contributed by atoms with Gasteiger partial charge in [-0.05, 0) is 56.0 Å². The zero-order valence-electron chi connectivity index (χ0n) is 16.6. The molecule has 1 aliphatic rings. The molecule has 1 fully saturated rings. The first-order valence-electron chi connectivity index (χ1n) is 9.94. The van der Waals surface area contributed by atoms with Crippen LogP contribution < -0.4 is 9.44 Å². The van der Waals surface area contributed by atoms with Gasteiger partial charge in [-0.25, -0.2) is 26.3 Å². The molecule has 2 aromatic rings. The SMILES string of the molecule is Cc1ccc(S(=O)(=O)NCCc2ccc(S(=O)(=O)NC3CCCCC3)cc2)cc1. The van der Waals surface area contributed by atoms with Gasteiger partial charge < -0.3 is 0 Å². The summed E-state index contributed by atoms with van der Waals surface area (Å²) < 4.78 is 55.1. The highest BCUT2D eigenvalue weighted by molar-refractivity contribution is 7.89. The standard InChI is InChI=1S/C21H28N2O4S2/c1-17-7-11-20(12-8-17)28(24,25)22-16-15-18-9-13-21(14-10-18)29(26,27)23-19-5-3-2-4-6-19/h7-14,19,22-23H,2-6,15-16H2,1H3. The summed E-state index contributed by atoms with van der Waals surface area (Å²) >= 11 is 0. The highest BCUT2D eigenvalue weighted by Crippen LogP contribution is 2.20. The van der Waals surface area contributed by atoms with Crippen molar-refractivity contribution in [2.24, 2.45) is 0 Å². The molecule has 2 N–H and O–H groups in total. The largest absolute Gasteiger partial charge is 0.240 e. The lowest BCUT2D eigenvalue weighted by atomic mass is 9.96. The first kappa shape index (κ1) is 22.0. The van der Waals surface area contributed by atoms with Crippen molar-refractivity contribution in [3.8, 4) is 0 Å². The molecule has 0 heterocycles. The summed E-state index contributed by atoms with van der Waals surface area (Å²) in [5.41, 5.74) is 1.87. The summed E-state index contributed by atoms with van der Waals surface area (Å²) in [7, 11) is -7.07. The Morgan fingerprint density at radius 1 is 0.793 bits per heavy atom.